The molecule has 1 radical (unpaired) electrons. The summed E-state index contributed by atoms with van der Waals surface area (Å²) in [6.45, 7) is 0. The number of thiocarbonyl (C=S) groups is 1. The minimum Gasteiger partial charge on any atom is -0.276 e. The van der Waals surface area contributed by atoms with Crippen molar-refractivity contribution in [3.05, 3.63) is 17.5 Å². The summed E-state index contributed by atoms with van der Waals surface area (Å²) in [5, 5.41) is 15.7. The Balaban J connectivity index is 3.17. The summed E-state index contributed by atoms with van der Waals surface area (Å²) in [6, 6.07) is 1.88. The van der Waals surface area contributed by atoms with Gasteiger partial charge in [0, 0.05) is 5.37 Å². The Morgan fingerprint density at radius 1 is 1.89 bits per heavy atom. The molecule has 1 aromatic rings. The van der Waals surface area contributed by atoms with Crippen LogP contribution in [0.5, 0.6) is 0 Å². The van der Waals surface area contributed by atoms with Gasteiger partial charge in [-0.15, -0.1) is 0 Å². The van der Waals surface area contributed by atoms with Crippen LogP contribution in [0.4, 0.5) is 0 Å². The first-order valence-corrected chi connectivity index (χ1v) is 2.67. The first kappa shape index (κ1) is 5.92. The Morgan fingerprint density at radius 2 is 2.67 bits per heavy atom. The lowest BCUT2D eigenvalue weighted by atomic mass is 10.3. The third-order valence-corrected chi connectivity index (χ3v) is 1.08. The SMILES string of the molecule is N#Cc1[c]n[nH]c1C=S. The van der Waals surface area contributed by atoms with E-state index in [-0.39, 0.29) is 0 Å². The van der Waals surface area contributed by atoms with Crippen molar-refractivity contribution in [3.63, 3.8) is 0 Å². The fraction of sp³-hybridized carbons (Fsp3) is 0. The predicted molar refractivity (Wildman–Crippen MR) is 34.9 cm³/mol. The van der Waals surface area contributed by atoms with Crippen LogP contribution in [0.3, 0.4) is 0 Å². The van der Waals surface area contributed by atoms with Gasteiger partial charge in [0.2, 0.25) is 0 Å². The minimum absolute atomic E-state index is 0.366. The molecule has 0 amide bonds. The van der Waals surface area contributed by atoms with Crippen LogP contribution in [0.25, 0.3) is 0 Å². The van der Waals surface area contributed by atoms with Crippen molar-refractivity contribution < 1.29 is 0 Å². The smallest absolute Gasteiger partial charge is 0.132 e. The highest BCUT2D eigenvalue weighted by Crippen LogP contribution is 1.96. The summed E-state index contributed by atoms with van der Waals surface area (Å²) in [4.78, 5) is 0. The molecule has 1 aromatic heterocycles. The van der Waals surface area contributed by atoms with Gasteiger partial charge in [-0.1, -0.05) is 12.2 Å². The van der Waals surface area contributed by atoms with E-state index in [9.17, 15) is 0 Å². The molecule has 0 unspecified atom stereocenters. The van der Waals surface area contributed by atoms with Crippen LogP contribution in [-0.2, 0) is 0 Å². The summed E-state index contributed by atoms with van der Waals surface area (Å²) in [7, 11) is 0. The van der Waals surface area contributed by atoms with E-state index in [2.05, 4.69) is 28.6 Å². The average molecular weight is 136 g/mol. The molecule has 1 N–H and O–H groups in total. The molecule has 9 heavy (non-hydrogen) atoms. The van der Waals surface area contributed by atoms with Crippen molar-refractivity contribution in [3.8, 4) is 6.07 Å². The summed E-state index contributed by atoms with van der Waals surface area (Å²) >= 11 is 4.56. The molecular weight excluding hydrogens is 134 g/mol. The van der Waals surface area contributed by atoms with Crippen LogP contribution in [0.1, 0.15) is 11.3 Å². The quantitative estimate of drug-likeness (QED) is 0.569. The number of aromatic nitrogens is 2. The van der Waals surface area contributed by atoms with Crippen molar-refractivity contribution in [1.29, 1.82) is 5.26 Å². The maximum atomic E-state index is 8.33. The lowest BCUT2D eigenvalue weighted by Crippen LogP contribution is -1.80. The normalized spacial score (nSPS) is 8.33. The number of hydrogen-bond donors (Lipinski definition) is 1. The number of nitriles is 1. The van der Waals surface area contributed by atoms with Gasteiger partial charge in [0.25, 0.3) is 0 Å². The van der Waals surface area contributed by atoms with Gasteiger partial charge in [-0.05, 0) is 0 Å². The van der Waals surface area contributed by atoms with Crippen LogP contribution in [0.15, 0.2) is 0 Å². The first-order valence-electron chi connectivity index (χ1n) is 2.20. The molecule has 43 valence electrons. The maximum absolute atomic E-state index is 8.33. The zero-order valence-corrected chi connectivity index (χ0v) is 5.20. The fourth-order valence-corrected chi connectivity index (χ4v) is 0.601. The molecule has 0 bridgehead atoms. The van der Waals surface area contributed by atoms with E-state index >= 15 is 0 Å². The standard InChI is InChI=1S/C5H2N3S/c6-1-4-2-7-8-5(4)3-9/h3H,(H,7,8). The zero-order valence-electron chi connectivity index (χ0n) is 4.38. The average Bonchev–Trinajstić information content (AvgIpc) is 2.33. The first-order chi connectivity index (χ1) is 4.38. The molecule has 3 nitrogen and oxygen atoms in total. The summed E-state index contributed by atoms with van der Waals surface area (Å²) in [6.07, 6.45) is 2.44. The van der Waals surface area contributed by atoms with E-state index in [0.29, 0.717) is 11.3 Å². The highest BCUT2D eigenvalue weighted by atomic mass is 32.1. The van der Waals surface area contributed by atoms with E-state index < -0.39 is 0 Å². The molecule has 4 heteroatoms. The van der Waals surface area contributed by atoms with Gasteiger partial charge in [-0.2, -0.15) is 10.4 Å². The number of aromatic amines is 1. The Morgan fingerprint density at radius 3 is 3.11 bits per heavy atom. The third kappa shape index (κ3) is 0.952. The van der Waals surface area contributed by atoms with E-state index in [0.717, 1.165) is 0 Å². The lowest BCUT2D eigenvalue weighted by molar-refractivity contribution is 1.08. The third-order valence-electron chi connectivity index (χ3n) is 0.843. The number of nitrogens with one attached hydrogen (secondary N) is 1. The van der Waals surface area contributed by atoms with Gasteiger partial charge in [-0.25, -0.2) is 0 Å². The fourth-order valence-electron chi connectivity index (χ4n) is 0.431. The molecule has 1 rings (SSSR count). The highest BCUT2D eigenvalue weighted by Gasteiger charge is 1.98. The van der Waals surface area contributed by atoms with Crippen LogP contribution >= 0.6 is 12.2 Å². The maximum Gasteiger partial charge on any atom is 0.132 e. The molecule has 0 saturated heterocycles. The minimum atomic E-state index is 0.366. The Kier molecular flexibility index (Phi) is 1.56. The Hall–Kier alpha value is -1.21. The van der Waals surface area contributed by atoms with Crippen molar-refractivity contribution in [2.75, 3.05) is 0 Å². The van der Waals surface area contributed by atoms with Gasteiger partial charge in [0.15, 0.2) is 0 Å². The molecule has 0 fully saturated rings. The molecule has 0 atom stereocenters. The molecular formula is C5H2N3S. The topological polar surface area (TPSA) is 52.5 Å². The highest BCUT2D eigenvalue weighted by molar-refractivity contribution is 7.79. The van der Waals surface area contributed by atoms with Gasteiger partial charge >= 0.3 is 0 Å². The molecule has 0 spiro atoms. The summed E-state index contributed by atoms with van der Waals surface area (Å²) in [5.41, 5.74) is 0.914. The van der Waals surface area contributed by atoms with Crippen molar-refractivity contribution in [2.24, 2.45) is 0 Å². The van der Waals surface area contributed by atoms with Crippen molar-refractivity contribution in [2.45, 2.75) is 0 Å². The van der Waals surface area contributed by atoms with E-state index in [1.54, 1.807) is 0 Å². The second-order valence-corrected chi connectivity index (χ2v) is 1.59. The van der Waals surface area contributed by atoms with E-state index in [1.165, 1.54) is 5.37 Å². The van der Waals surface area contributed by atoms with Crippen molar-refractivity contribution in [1.82, 2.24) is 10.2 Å². The Bertz CT molecular complexity index is 257. The Labute approximate surface area is 57.3 Å². The van der Waals surface area contributed by atoms with Crippen LogP contribution in [0, 0.1) is 17.5 Å². The van der Waals surface area contributed by atoms with Gasteiger partial charge in [-0.3, -0.25) is 5.10 Å². The number of nitrogens with zero attached hydrogens (tertiary/aromatic N) is 2. The van der Waals surface area contributed by atoms with Gasteiger partial charge in [0.05, 0.1) is 5.69 Å². The van der Waals surface area contributed by atoms with Gasteiger partial charge < -0.3 is 0 Å². The zero-order chi connectivity index (χ0) is 6.69. The second-order valence-electron chi connectivity index (χ2n) is 1.35. The molecule has 0 aliphatic heterocycles. The van der Waals surface area contributed by atoms with Crippen molar-refractivity contribution >= 4 is 17.6 Å². The second kappa shape index (κ2) is 2.37. The number of H-pyrrole nitrogens is 1. The molecule has 0 aromatic carbocycles. The number of hydrogen-bond acceptors (Lipinski definition) is 3. The molecule has 0 aliphatic rings. The van der Waals surface area contributed by atoms with Crippen LogP contribution in [0.2, 0.25) is 0 Å². The summed E-state index contributed by atoms with van der Waals surface area (Å²) in [5.74, 6) is 0. The van der Waals surface area contributed by atoms with Crippen LogP contribution in [-0.4, -0.2) is 15.6 Å². The van der Waals surface area contributed by atoms with E-state index in [4.69, 9.17) is 5.26 Å². The summed E-state index contributed by atoms with van der Waals surface area (Å²) < 4.78 is 0. The predicted octanol–water partition coefficient (Wildman–Crippen LogP) is 0.429. The van der Waals surface area contributed by atoms with Crippen LogP contribution < -0.4 is 0 Å². The molecule has 0 aliphatic carbocycles. The largest absolute Gasteiger partial charge is 0.276 e. The monoisotopic (exact) mass is 136 g/mol. The lowest BCUT2D eigenvalue weighted by Gasteiger charge is -1.77. The van der Waals surface area contributed by atoms with Gasteiger partial charge in [0.1, 0.15) is 17.8 Å². The number of rotatable bonds is 1. The molecule has 0 saturated carbocycles. The molecule has 1 heterocycles. The van der Waals surface area contributed by atoms with E-state index in [1.807, 2.05) is 6.07 Å².